The smallest absolute Gasteiger partial charge is 0.234 e. The lowest BCUT2D eigenvalue weighted by atomic mass is 10.1. The minimum atomic E-state index is -0.156. The molecule has 0 radical (unpaired) electrons. The maximum atomic E-state index is 12.6. The third kappa shape index (κ3) is 5.32. The molecule has 1 amide bonds. The van der Waals surface area contributed by atoms with Gasteiger partial charge in [0.15, 0.2) is 22.5 Å². The van der Waals surface area contributed by atoms with Gasteiger partial charge < -0.3 is 19.4 Å². The molecule has 182 valence electrons. The maximum absolute atomic E-state index is 12.6. The molecule has 2 aromatic heterocycles. The van der Waals surface area contributed by atoms with Gasteiger partial charge in [0.25, 0.3) is 0 Å². The molecule has 1 N–H and O–H groups in total. The highest BCUT2D eigenvalue weighted by molar-refractivity contribution is 7.99. The normalized spacial score (nSPS) is 10.9. The molecule has 0 saturated carbocycles. The van der Waals surface area contributed by atoms with Crippen LogP contribution in [0.5, 0.6) is 11.5 Å². The van der Waals surface area contributed by atoms with Crippen molar-refractivity contribution in [3.63, 3.8) is 0 Å². The van der Waals surface area contributed by atoms with Crippen LogP contribution in [0.3, 0.4) is 0 Å². The first-order valence-electron chi connectivity index (χ1n) is 11.1. The number of anilines is 1. The molecule has 35 heavy (non-hydrogen) atoms. The summed E-state index contributed by atoms with van der Waals surface area (Å²) in [5, 5.41) is 17.0. The van der Waals surface area contributed by atoms with Crippen LogP contribution in [-0.2, 0) is 18.4 Å². The van der Waals surface area contributed by atoms with Crippen molar-refractivity contribution in [3.8, 4) is 34.1 Å². The number of methoxy groups -OCH3 is 2. The highest BCUT2D eigenvalue weighted by atomic mass is 32.2. The fraction of sp³-hybridized carbons (Fsp3) is 0.280. The molecular formula is C25H28N6O3S. The Morgan fingerprint density at radius 1 is 1.06 bits per heavy atom. The summed E-state index contributed by atoms with van der Waals surface area (Å²) >= 11 is 1.34. The second-order valence-corrected chi connectivity index (χ2v) is 8.83. The van der Waals surface area contributed by atoms with Crippen LogP contribution >= 0.6 is 11.8 Å². The number of carbonyl (C=O) groups excluding carboxylic acids is 1. The molecule has 0 aliphatic rings. The summed E-state index contributed by atoms with van der Waals surface area (Å²) in [6, 6.07) is 13.5. The third-order valence-corrected chi connectivity index (χ3v) is 6.39. The molecular weight excluding hydrogens is 464 g/mol. The molecule has 4 aromatic rings. The molecule has 9 nitrogen and oxygen atoms in total. The van der Waals surface area contributed by atoms with Crippen LogP contribution in [-0.4, -0.2) is 50.4 Å². The lowest BCUT2D eigenvalue weighted by molar-refractivity contribution is -0.113. The Morgan fingerprint density at radius 2 is 1.80 bits per heavy atom. The number of hydrogen-bond acceptors (Lipinski definition) is 7. The molecule has 0 saturated heterocycles. The number of benzene rings is 2. The van der Waals surface area contributed by atoms with Gasteiger partial charge in [-0.1, -0.05) is 41.6 Å². The van der Waals surface area contributed by atoms with Crippen LogP contribution < -0.4 is 14.8 Å². The zero-order valence-corrected chi connectivity index (χ0v) is 21.2. The minimum absolute atomic E-state index is 0.156. The van der Waals surface area contributed by atoms with Crippen molar-refractivity contribution in [2.75, 3.05) is 25.3 Å². The second kappa shape index (κ2) is 10.6. The summed E-state index contributed by atoms with van der Waals surface area (Å²) in [5.41, 5.74) is 4.57. The van der Waals surface area contributed by atoms with Crippen molar-refractivity contribution in [3.05, 3.63) is 54.2 Å². The zero-order chi connectivity index (χ0) is 24.9. The van der Waals surface area contributed by atoms with Crippen molar-refractivity contribution in [2.45, 2.75) is 25.5 Å². The van der Waals surface area contributed by atoms with Gasteiger partial charge in [-0.15, -0.1) is 10.2 Å². The topological polar surface area (TPSA) is 96.1 Å². The minimum Gasteiger partial charge on any atom is -0.493 e. The van der Waals surface area contributed by atoms with Gasteiger partial charge in [0.2, 0.25) is 5.91 Å². The number of thioether (sulfide) groups is 1. The van der Waals surface area contributed by atoms with Gasteiger partial charge in [-0.3, -0.25) is 9.48 Å². The number of amides is 1. The zero-order valence-electron chi connectivity index (χ0n) is 20.4. The summed E-state index contributed by atoms with van der Waals surface area (Å²) in [6.45, 7) is 4.74. The molecule has 0 unspecified atom stereocenters. The second-order valence-electron chi connectivity index (χ2n) is 7.89. The number of carbonyl (C=O) groups is 1. The first-order chi connectivity index (χ1) is 16.9. The van der Waals surface area contributed by atoms with Crippen molar-refractivity contribution >= 4 is 23.4 Å². The number of ether oxygens (including phenoxy) is 2. The van der Waals surface area contributed by atoms with E-state index in [0.29, 0.717) is 28.9 Å². The average molecular weight is 493 g/mol. The Hall–Kier alpha value is -3.79. The maximum Gasteiger partial charge on any atom is 0.234 e. The van der Waals surface area contributed by atoms with E-state index in [4.69, 9.17) is 9.47 Å². The van der Waals surface area contributed by atoms with Crippen LogP contribution in [0.4, 0.5) is 5.69 Å². The van der Waals surface area contributed by atoms with Crippen molar-refractivity contribution < 1.29 is 14.3 Å². The van der Waals surface area contributed by atoms with Crippen molar-refractivity contribution in [2.24, 2.45) is 7.05 Å². The van der Waals surface area contributed by atoms with Gasteiger partial charge in [0.05, 0.1) is 25.5 Å². The van der Waals surface area contributed by atoms with Crippen LogP contribution in [0, 0.1) is 6.92 Å². The van der Waals surface area contributed by atoms with E-state index >= 15 is 0 Å². The van der Waals surface area contributed by atoms with Gasteiger partial charge >= 0.3 is 0 Å². The molecule has 0 aliphatic heterocycles. The van der Waals surface area contributed by atoms with E-state index in [1.165, 1.54) is 17.3 Å². The standard InChI is InChI=1S/C25H28N6O3S/c1-6-31-24(19-14-30(3)29-23(19)17-9-7-16(2)8-10-17)27-28-25(31)35-15-22(32)26-18-11-12-20(33-4)21(13-18)34-5/h7-14H,6,15H2,1-5H3,(H,26,32). The monoisotopic (exact) mass is 492 g/mol. The predicted octanol–water partition coefficient (Wildman–Crippen LogP) is 4.42. The number of nitrogens with one attached hydrogen (secondary N) is 1. The predicted molar refractivity (Wildman–Crippen MR) is 137 cm³/mol. The molecule has 2 aromatic carbocycles. The number of aryl methyl sites for hydroxylation is 2. The van der Waals surface area contributed by atoms with Crippen LogP contribution in [0.15, 0.2) is 53.8 Å². The van der Waals surface area contributed by atoms with E-state index < -0.39 is 0 Å². The van der Waals surface area contributed by atoms with E-state index in [2.05, 4.69) is 51.8 Å². The summed E-state index contributed by atoms with van der Waals surface area (Å²) in [5.74, 6) is 1.90. The number of rotatable bonds is 9. The van der Waals surface area contributed by atoms with Crippen molar-refractivity contribution in [1.82, 2.24) is 24.5 Å². The average Bonchev–Trinajstić information content (AvgIpc) is 3.45. The summed E-state index contributed by atoms with van der Waals surface area (Å²) in [7, 11) is 5.02. The summed E-state index contributed by atoms with van der Waals surface area (Å²) < 4.78 is 14.3. The molecule has 0 spiro atoms. The van der Waals surface area contributed by atoms with Gasteiger partial charge in [-0.2, -0.15) is 5.10 Å². The fourth-order valence-electron chi connectivity index (χ4n) is 3.70. The Bertz CT molecular complexity index is 1330. The Kier molecular flexibility index (Phi) is 7.40. The highest BCUT2D eigenvalue weighted by Gasteiger charge is 2.20. The number of nitrogens with zero attached hydrogens (tertiary/aromatic N) is 5. The van der Waals surface area contributed by atoms with E-state index in [9.17, 15) is 4.79 Å². The largest absolute Gasteiger partial charge is 0.493 e. The summed E-state index contributed by atoms with van der Waals surface area (Å²) in [6.07, 6.45) is 1.95. The number of aromatic nitrogens is 5. The molecule has 2 heterocycles. The third-order valence-electron chi connectivity index (χ3n) is 5.43. The van der Waals surface area contributed by atoms with Gasteiger partial charge in [-0.05, 0) is 26.0 Å². The Labute approximate surface area is 208 Å². The Morgan fingerprint density at radius 3 is 2.49 bits per heavy atom. The van der Waals surface area contributed by atoms with Gasteiger partial charge in [0.1, 0.15) is 5.69 Å². The first-order valence-corrected chi connectivity index (χ1v) is 12.1. The van der Waals surface area contributed by atoms with E-state index in [0.717, 1.165) is 22.6 Å². The molecule has 0 fully saturated rings. The summed E-state index contributed by atoms with van der Waals surface area (Å²) in [4.78, 5) is 12.6. The quantitative estimate of drug-likeness (QED) is 0.346. The van der Waals surface area contributed by atoms with E-state index in [1.54, 1.807) is 37.1 Å². The SMILES string of the molecule is CCn1c(SCC(=O)Nc2ccc(OC)c(OC)c2)nnc1-c1cn(C)nc1-c1ccc(C)cc1. The molecule has 10 heteroatoms. The van der Waals surface area contributed by atoms with Crippen molar-refractivity contribution in [1.29, 1.82) is 0 Å². The molecule has 0 atom stereocenters. The molecule has 0 bridgehead atoms. The lowest BCUT2D eigenvalue weighted by Crippen LogP contribution is -2.14. The fourth-order valence-corrected chi connectivity index (χ4v) is 4.50. The number of hydrogen-bond donors (Lipinski definition) is 1. The van der Waals surface area contributed by atoms with E-state index in [-0.39, 0.29) is 11.7 Å². The Balaban J connectivity index is 1.51. The van der Waals surface area contributed by atoms with Gasteiger partial charge in [-0.25, -0.2) is 0 Å². The molecule has 4 rings (SSSR count). The van der Waals surface area contributed by atoms with Crippen LogP contribution in [0.25, 0.3) is 22.6 Å². The van der Waals surface area contributed by atoms with Crippen LogP contribution in [0.1, 0.15) is 12.5 Å². The first kappa shape index (κ1) is 24.3. The van der Waals surface area contributed by atoms with Crippen LogP contribution in [0.2, 0.25) is 0 Å². The highest BCUT2D eigenvalue weighted by Crippen LogP contribution is 2.33. The molecule has 0 aliphatic carbocycles. The lowest BCUT2D eigenvalue weighted by Gasteiger charge is -2.11. The van der Waals surface area contributed by atoms with E-state index in [1.807, 2.05) is 24.7 Å². The van der Waals surface area contributed by atoms with Gasteiger partial charge in [0, 0.05) is 37.1 Å².